The number of benzene rings is 4. The Labute approximate surface area is 256 Å². The van der Waals surface area contributed by atoms with Crippen LogP contribution >= 0.6 is 11.8 Å². The molecule has 220 valence electrons. The van der Waals surface area contributed by atoms with E-state index in [1.54, 1.807) is 42.5 Å². The Kier molecular flexibility index (Phi) is 11.2. The fraction of sp³-hybridized carbons (Fsp3) is 0.171. The Morgan fingerprint density at radius 1 is 0.814 bits per heavy atom. The zero-order valence-corrected chi connectivity index (χ0v) is 25.3. The van der Waals surface area contributed by atoms with Crippen LogP contribution in [-0.4, -0.2) is 30.1 Å². The molecule has 3 amide bonds. The first-order valence-corrected chi connectivity index (χ1v) is 15.1. The number of carbonyl (C=O) groups excluding carboxylic acids is 3. The predicted molar refractivity (Wildman–Crippen MR) is 174 cm³/mol. The van der Waals surface area contributed by atoms with Gasteiger partial charge in [0.25, 0.3) is 11.8 Å². The van der Waals surface area contributed by atoms with Gasteiger partial charge in [0.05, 0.1) is 12.4 Å². The molecule has 0 saturated heterocycles. The molecular weight excluding hydrogens is 558 g/mol. The molecule has 4 aromatic carbocycles. The van der Waals surface area contributed by atoms with Crippen molar-refractivity contribution in [2.75, 3.05) is 23.0 Å². The summed E-state index contributed by atoms with van der Waals surface area (Å²) in [6.07, 6.45) is 2.44. The number of hydrogen-bond donors (Lipinski definition) is 3. The molecule has 0 unspecified atom stereocenters. The minimum atomic E-state index is -0.486. The first-order chi connectivity index (χ1) is 20.9. The van der Waals surface area contributed by atoms with Gasteiger partial charge in [-0.05, 0) is 79.9 Å². The number of amides is 3. The summed E-state index contributed by atoms with van der Waals surface area (Å²) in [5.41, 5.74) is 4.72. The van der Waals surface area contributed by atoms with Crippen molar-refractivity contribution in [1.29, 1.82) is 0 Å². The molecule has 0 fully saturated rings. The second-order valence-corrected chi connectivity index (χ2v) is 10.7. The third-order valence-electron chi connectivity index (χ3n) is 6.53. The molecule has 0 aliphatic heterocycles. The lowest BCUT2D eigenvalue weighted by molar-refractivity contribution is -0.114. The molecule has 0 saturated carbocycles. The number of anilines is 2. The van der Waals surface area contributed by atoms with E-state index in [1.807, 2.05) is 74.5 Å². The van der Waals surface area contributed by atoms with Crippen LogP contribution in [0.25, 0.3) is 6.08 Å². The van der Waals surface area contributed by atoms with Crippen molar-refractivity contribution in [3.8, 4) is 5.75 Å². The number of hydrogen-bond acceptors (Lipinski definition) is 5. The first-order valence-electron chi connectivity index (χ1n) is 14.1. The van der Waals surface area contributed by atoms with Gasteiger partial charge in [0, 0.05) is 27.4 Å². The highest BCUT2D eigenvalue weighted by molar-refractivity contribution is 8.00. The molecule has 4 rings (SSSR count). The minimum Gasteiger partial charge on any atom is -0.493 e. The maximum absolute atomic E-state index is 13.4. The monoisotopic (exact) mass is 593 g/mol. The summed E-state index contributed by atoms with van der Waals surface area (Å²) in [5.74, 6) is -0.121. The number of ether oxygens (including phenoxy) is 1. The number of aryl methyl sites for hydroxylation is 2. The fourth-order valence-corrected chi connectivity index (χ4v) is 5.04. The van der Waals surface area contributed by atoms with Gasteiger partial charge in [0.15, 0.2) is 0 Å². The summed E-state index contributed by atoms with van der Waals surface area (Å²) < 4.78 is 5.71. The standard InChI is InChI=1S/C35H35N3O4S/c1-4-25-16-11-12-24(3)33(25)38-32(39)23-43-29-20-18-28(19-21-29)36-35(41)30(37-34(40)26-13-7-6-8-14-26)22-27-15-9-10-17-31(27)42-5-2/h6-22H,4-5,23H2,1-3H3,(H,36,41)(H,37,40)(H,38,39)/b30-22-. The van der Waals surface area contributed by atoms with Gasteiger partial charge in [-0.1, -0.05) is 61.5 Å². The summed E-state index contributed by atoms with van der Waals surface area (Å²) in [6.45, 7) is 6.39. The first kappa shape index (κ1) is 31.1. The number of para-hydroxylation sites is 2. The van der Waals surface area contributed by atoms with Crippen LogP contribution in [0.5, 0.6) is 5.75 Å². The van der Waals surface area contributed by atoms with Crippen LogP contribution in [0.15, 0.2) is 108 Å². The SMILES string of the molecule is CCOc1ccccc1/C=C(\NC(=O)c1ccccc1)C(=O)Nc1ccc(SCC(=O)Nc2c(C)cccc2CC)cc1. The maximum Gasteiger partial charge on any atom is 0.272 e. The molecule has 3 N–H and O–H groups in total. The van der Waals surface area contributed by atoms with E-state index in [0.29, 0.717) is 29.2 Å². The maximum atomic E-state index is 13.4. The van der Waals surface area contributed by atoms with Gasteiger partial charge in [-0.25, -0.2) is 0 Å². The van der Waals surface area contributed by atoms with Crippen LogP contribution in [0.1, 0.15) is 40.9 Å². The van der Waals surface area contributed by atoms with E-state index in [2.05, 4.69) is 22.9 Å². The molecule has 0 atom stereocenters. The third kappa shape index (κ3) is 8.83. The summed E-state index contributed by atoms with van der Waals surface area (Å²) in [7, 11) is 0. The van der Waals surface area contributed by atoms with Gasteiger partial charge in [0.1, 0.15) is 11.4 Å². The van der Waals surface area contributed by atoms with E-state index in [4.69, 9.17) is 4.74 Å². The molecule has 0 bridgehead atoms. The smallest absolute Gasteiger partial charge is 0.272 e. The lowest BCUT2D eigenvalue weighted by Crippen LogP contribution is -2.30. The largest absolute Gasteiger partial charge is 0.493 e. The van der Waals surface area contributed by atoms with Crippen molar-refractivity contribution in [2.45, 2.75) is 32.1 Å². The van der Waals surface area contributed by atoms with Gasteiger partial charge < -0.3 is 20.7 Å². The highest BCUT2D eigenvalue weighted by atomic mass is 32.2. The molecule has 0 spiro atoms. The summed E-state index contributed by atoms with van der Waals surface area (Å²) in [4.78, 5) is 39.9. The Morgan fingerprint density at radius 2 is 1.53 bits per heavy atom. The highest BCUT2D eigenvalue weighted by Gasteiger charge is 2.16. The number of thioether (sulfide) groups is 1. The number of carbonyl (C=O) groups is 3. The molecule has 8 heteroatoms. The number of rotatable bonds is 12. The number of nitrogens with one attached hydrogen (secondary N) is 3. The summed E-state index contributed by atoms with van der Waals surface area (Å²) in [5, 5.41) is 8.66. The minimum absolute atomic E-state index is 0.0683. The summed E-state index contributed by atoms with van der Waals surface area (Å²) >= 11 is 1.41. The fourth-order valence-electron chi connectivity index (χ4n) is 4.34. The van der Waals surface area contributed by atoms with Gasteiger partial charge in [0.2, 0.25) is 5.91 Å². The molecule has 0 aromatic heterocycles. The molecule has 4 aromatic rings. The lowest BCUT2D eigenvalue weighted by Gasteiger charge is -2.14. The Morgan fingerprint density at radius 3 is 2.26 bits per heavy atom. The molecule has 7 nitrogen and oxygen atoms in total. The molecule has 0 aliphatic rings. The predicted octanol–water partition coefficient (Wildman–Crippen LogP) is 7.10. The Balaban J connectivity index is 1.44. The third-order valence-corrected chi connectivity index (χ3v) is 7.55. The zero-order valence-electron chi connectivity index (χ0n) is 24.5. The van der Waals surface area contributed by atoms with Crippen LogP contribution in [-0.2, 0) is 16.0 Å². The van der Waals surface area contributed by atoms with Crippen LogP contribution in [0.3, 0.4) is 0 Å². The van der Waals surface area contributed by atoms with Crippen molar-refractivity contribution >= 4 is 46.9 Å². The average Bonchev–Trinajstić information content (AvgIpc) is 3.02. The molecular formula is C35H35N3O4S. The van der Waals surface area contributed by atoms with Crippen molar-refractivity contribution in [1.82, 2.24) is 5.32 Å². The van der Waals surface area contributed by atoms with Crippen LogP contribution in [0.2, 0.25) is 0 Å². The van der Waals surface area contributed by atoms with Gasteiger partial charge in [-0.15, -0.1) is 11.8 Å². The highest BCUT2D eigenvalue weighted by Crippen LogP contribution is 2.25. The van der Waals surface area contributed by atoms with E-state index in [9.17, 15) is 14.4 Å². The van der Waals surface area contributed by atoms with E-state index in [0.717, 1.165) is 28.1 Å². The molecule has 43 heavy (non-hydrogen) atoms. The van der Waals surface area contributed by atoms with Crippen molar-refractivity contribution in [3.05, 3.63) is 125 Å². The molecule has 0 heterocycles. The second-order valence-electron chi connectivity index (χ2n) is 9.63. The molecule has 0 radical (unpaired) electrons. The average molecular weight is 594 g/mol. The van der Waals surface area contributed by atoms with Crippen molar-refractivity contribution in [3.63, 3.8) is 0 Å². The normalized spacial score (nSPS) is 11.0. The van der Waals surface area contributed by atoms with Crippen LogP contribution in [0.4, 0.5) is 11.4 Å². The second kappa shape index (κ2) is 15.4. The van der Waals surface area contributed by atoms with Gasteiger partial charge in [-0.2, -0.15) is 0 Å². The van der Waals surface area contributed by atoms with E-state index >= 15 is 0 Å². The zero-order chi connectivity index (χ0) is 30.6. The van der Waals surface area contributed by atoms with Crippen LogP contribution < -0.4 is 20.7 Å². The quantitative estimate of drug-likeness (QED) is 0.120. The van der Waals surface area contributed by atoms with E-state index in [1.165, 1.54) is 11.8 Å². The van der Waals surface area contributed by atoms with Crippen molar-refractivity contribution < 1.29 is 19.1 Å². The van der Waals surface area contributed by atoms with Gasteiger partial charge >= 0.3 is 0 Å². The Hall–Kier alpha value is -4.82. The van der Waals surface area contributed by atoms with Gasteiger partial charge in [-0.3, -0.25) is 14.4 Å². The summed E-state index contributed by atoms with van der Waals surface area (Å²) in [6, 6.07) is 29.2. The Bertz CT molecular complexity index is 1600. The lowest BCUT2D eigenvalue weighted by atomic mass is 10.1. The van der Waals surface area contributed by atoms with Crippen molar-refractivity contribution in [2.24, 2.45) is 0 Å². The van der Waals surface area contributed by atoms with E-state index in [-0.39, 0.29) is 17.4 Å². The van der Waals surface area contributed by atoms with Crippen LogP contribution in [0, 0.1) is 6.92 Å². The topological polar surface area (TPSA) is 96.5 Å². The van der Waals surface area contributed by atoms with E-state index < -0.39 is 11.8 Å². The molecule has 0 aliphatic carbocycles.